The number of likely N-dealkylation sites (tertiary alicyclic amines) is 5. The summed E-state index contributed by atoms with van der Waals surface area (Å²) in [6.45, 7) is 51.3. The van der Waals surface area contributed by atoms with E-state index < -0.39 is 0 Å². The Labute approximate surface area is 351 Å². The van der Waals surface area contributed by atoms with Gasteiger partial charge >= 0.3 is 0 Å². The summed E-state index contributed by atoms with van der Waals surface area (Å²) >= 11 is 0. The predicted molar refractivity (Wildman–Crippen MR) is 248 cm³/mol. The number of nitrogens with two attached hydrogens (primary N) is 4. The lowest BCUT2D eigenvalue weighted by Crippen LogP contribution is -2.54. The van der Waals surface area contributed by atoms with Crippen molar-refractivity contribution in [1.29, 1.82) is 0 Å². The number of hydrogen-bond acceptors (Lipinski definition) is 9. The smallest absolute Gasteiger partial charge is 0.0194 e. The van der Waals surface area contributed by atoms with Crippen LogP contribution in [0.3, 0.4) is 0 Å². The second-order valence-corrected chi connectivity index (χ2v) is 23.3. The molecule has 0 aromatic rings. The van der Waals surface area contributed by atoms with E-state index in [2.05, 4.69) is 142 Å². The minimum atomic E-state index is 0.289. The molecule has 5 rings (SSSR count). The van der Waals surface area contributed by atoms with Gasteiger partial charge in [0.1, 0.15) is 0 Å². The Hall–Kier alpha value is -0.360. The first-order valence-corrected chi connectivity index (χ1v) is 23.2. The minimum Gasteiger partial charge on any atom is -0.330 e. The van der Waals surface area contributed by atoms with Crippen molar-refractivity contribution < 1.29 is 0 Å². The van der Waals surface area contributed by atoms with E-state index in [1.807, 2.05) is 0 Å². The molecule has 5 saturated heterocycles. The molecule has 9 nitrogen and oxygen atoms in total. The Balaban J connectivity index is 0.000000350. The van der Waals surface area contributed by atoms with Gasteiger partial charge in [0.15, 0.2) is 0 Å². The van der Waals surface area contributed by atoms with Crippen molar-refractivity contribution in [3.63, 3.8) is 0 Å². The molecule has 0 unspecified atom stereocenters. The zero-order valence-corrected chi connectivity index (χ0v) is 40.9. The van der Waals surface area contributed by atoms with Crippen LogP contribution in [0.25, 0.3) is 0 Å². The maximum atomic E-state index is 6.02. The van der Waals surface area contributed by atoms with Gasteiger partial charge in [0.25, 0.3) is 0 Å². The zero-order valence-electron chi connectivity index (χ0n) is 40.9. The highest BCUT2D eigenvalue weighted by molar-refractivity contribution is 4.89. The molecule has 0 spiro atoms. The molecule has 5 heterocycles. The van der Waals surface area contributed by atoms with E-state index in [9.17, 15) is 0 Å². The van der Waals surface area contributed by atoms with Crippen LogP contribution in [0.1, 0.15) is 169 Å². The third-order valence-corrected chi connectivity index (χ3v) is 13.2. The molecular weight excluding hydrogens is 691 g/mol. The van der Waals surface area contributed by atoms with Crippen molar-refractivity contribution in [3.8, 4) is 0 Å². The molecule has 0 saturated carbocycles. The third-order valence-electron chi connectivity index (χ3n) is 13.2. The number of rotatable bonds is 2. The molecule has 0 aliphatic carbocycles. The van der Waals surface area contributed by atoms with E-state index in [4.69, 9.17) is 22.9 Å². The summed E-state index contributed by atoms with van der Waals surface area (Å²) in [5.41, 5.74) is 24.9. The molecule has 0 amide bonds. The molecule has 0 aromatic carbocycles. The SMILES string of the molecule is CC(C)(C)N1CCC[C@@H](N)C1.CC(C)(C)N1CC[C@@H](N)C1.CC(C)(C)N1CC[C@H](CN)C1.CC[C@@H]1CCCN(C(C)(C)C)C1.C[C@H]1CCN(C(C)(C)C)C[C@@H]1N. The first-order valence-electron chi connectivity index (χ1n) is 23.2. The fourth-order valence-electron chi connectivity index (χ4n) is 8.37. The van der Waals surface area contributed by atoms with Crippen LogP contribution in [-0.2, 0) is 0 Å². The van der Waals surface area contributed by atoms with Crippen molar-refractivity contribution in [3.05, 3.63) is 0 Å². The average molecular weight is 794 g/mol. The average Bonchev–Trinajstić information content (AvgIpc) is 3.76. The summed E-state index contributed by atoms with van der Waals surface area (Å²) in [6, 6.07) is 1.19. The number of hydrogen-bond donors (Lipinski definition) is 4. The molecule has 56 heavy (non-hydrogen) atoms. The first-order chi connectivity index (χ1) is 25.5. The Bertz CT molecular complexity index is 1010. The molecular formula is C47H103N9. The van der Waals surface area contributed by atoms with E-state index in [1.54, 1.807) is 0 Å². The molecule has 8 N–H and O–H groups in total. The van der Waals surface area contributed by atoms with Crippen molar-refractivity contribution in [2.45, 2.75) is 215 Å². The zero-order chi connectivity index (χ0) is 43.3. The van der Waals surface area contributed by atoms with Crippen molar-refractivity contribution in [1.82, 2.24) is 24.5 Å². The fraction of sp³-hybridized carbons (Fsp3) is 1.00. The van der Waals surface area contributed by atoms with Gasteiger partial charge in [0.05, 0.1) is 0 Å². The number of nitrogens with zero attached hydrogens (tertiary/aromatic N) is 5. The molecule has 0 aromatic heterocycles. The lowest BCUT2D eigenvalue weighted by atomic mass is 9.91. The van der Waals surface area contributed by atoms with E-state index in [0.717, 1.165) is 44.4 Å². The van der Waals surface area contributed by atoms with Crippen molar-refractivity contribution in [2.75, 3.05) is 72.0 Å². The van der Waals surface area contributed by atoms with E-state index in [-0.39, 0.29) is 5.54 Å². The Morgan fingerprint density at radius 2 is 0.786 bits per heavy atom. The van der Waals surface area contributed by atoms with Crippen LogP contribution >= 0.6 is 0 Å². The largest absolute Gasteiger partial charge is 0.330 e. The fourth-order valence-corrected chi connectivity index (χ4v) is 8.37. The van der Waals surface area contributed by atoms with Gasteiger partial charge in [-0.3, -0.25) is 24.5 Å². The van der Waals surface area contributed by atoms with Gasteiger partial charge in [-0.2, -0.15) is 0 Å². The van der Waals surface area contributed by atoms with Crippen molar-refractivity contribution in [2.24, 2.45) is 40.7 Å². The normalized spacial score (nSPS) is 29.5. The summed E-state index contributed by atoms with van der Waals surface area (Å²) in [6.07, 6.45) is 10.4. The van der Waals surface area contributed by atoms with Gasteiger partial charge in [0.2, 0.25) is 0 Å². The molecule has 9 heteroatoms. The maximum Gasteiger partial charge on any atom is 0.0194 e. The lowest BCUT2D eigenvalue weighted by Gasteiger charge is -2.43. The van der Waals surface area contributed by atoms with Crippen LogP contribution in [0.4, 0.5) is 0 Å². The monoisotopic (exact) mass is 794 g/mol. The molecule has 0 bridgehead atoms. The predicted octanol–water partition coefficient (Wildman–Crippen LogP) is 7.45. The highest BCUT2D eigenvalue weighted by Crippen LogP contribution is 2.26. The summed E-state index contributed by atoms with van der Waals surface area (Å²) in [5, 5.41) is 0. The molecule has 5 aliphatic rings. The summed E-state index contributed by atoms with van der Waals surface area (Å²) in [7, 11) is 0. The summed E-state index contributed by atoms with van der Waals surface area (Å²) in [5.74, 6) is 2.40. The topological polar surface area (TPSA) is 120 Å². The summed E-state index contributed by atoms with van der Waals surface area (Å²) < 4.78 is 0. The van der Waals surface area contributed by atoms with E-state index >= 15 is 0 Å². The molecule has 5 aliphatic heterocycles. The van der Waals surface area contributed by atoms with Crippen molar-refractivity contribution >= 4 is 0 Å². The maximum absolute atomic E-state index is 6.02. The molecule has 6 atom stereocenters. The first kappa shape index (κ1) is 53.7. The molecule has 0 radical (unpaired) electrons. The van der Waals surface area contributed by atoms with Crippen LogP contribution in [-0.4, -0.2) is 142 Å². The Morgan fingerprint density at radius 1 is 0.429 bits per heavy atom. The Morgan fingerprint density at radius 3 is 1.12 bits per heavy atom. The molecule has 336 valence electrons. The lowest BCUT2D eigenvalue weighted by molar-refractivity contribution is 0.0778. The van der Waals surface area contributed by atoms with Gasteiger partial charge in [-0.1, -0.05) is 20.3 Å². The van der Waals surface area contributed by atoms with Crippen LogP contribution in [0.2, 0.25) is 0 Å². The van der Waals surface area contributed by atoms with Crippen LogP contribution in [0.15, 0.2) is 0 Å². The Kier molecular flexibility index (Phi) is 22.6. The standard InChI is InChI=1S/C11H23N.C10H22N2.2C9H20N2.C8H18N2/c1-5-10-7-6-8-12(9-10)11(2,3)4;1-8-5-6-12(7-9(8)11)10(2,3)4;1-9(2,3)11-5-4-8(6-10)7-11;1-9(2,3)11-6-4-5-8(10)7-11;1-8(2,3)10-5-4-7(9)6-10/h10H,5-9H2,1-4H3;8-9H,5-7,11H2,1-4H3;2*8H,4-7,10H2,1-3H3;7H,4-6,9H2,1-3H3/t10-;8-,9-;2*8-;7-/m10111/s1. The van der Waals surface area contributed by atoms with E-state index in [0.29, 0.717) is 46.2 Å². The number of piperidine rings is 3. The van der Waals surface area contributed by atoms with Crippen LogP contribution in [0.5, 0.6) is 0 Å². The molecule has 5 fully saturated rings. The second-order valence-electron chi connectivity index (χ2n) is 23.3. The highest BCUT2D eigenvalue weighted by atomic mass is 15.2. The van der Waals surface area contributed by atoms with Crippen LogP contribution in [0, 0.1) is 17.8 Å². The third kappa shape index (κ3) is 20.7. The minimum absolute atomic E-state index is 0.289. The van der Waals surface area contributed by atoms with E-state index in [1.165, 1.54) is 90.8 Å². The van der Waals surface area contributed by atoms with Gasteiger partial charge < -0.3 is 22.9 Å². The van der Waals surface area contributed by atoms with Gasteiger partial charge in [0, 0.05) is 85.1 Å². The van der Waals surface area contributed by atoms with Gasteiger partial charge in [-0.05, 0) is 199 Å². The highest BCUT2D eigenvalue weighted by Gasteiger charge is 2.31. The van der Waals surface area contributed by atoms with Crippen LogP contribution < -0.4 is 22.9 Å². The summed E-state index contributed by atoms with van der Waals surface area (Å²) in [4.78, 5) is 12.5. The van der Waals surface area contributed by atoms with Gasteiger partial charge in [-0.15, -0.1) is 0 Å². The van der Waals surface area contributed by atoms with Gasteiger partial charge in [-0.25, -0.2) is 0 Å². The quantitative estimate of drug-likeness (QED) is 0.226. The second kappa shape index (κ2) is 23.6.